The topological polar surface area (TPSA) is 102 Å². The van der Waals surface area contributed by atoms with E-state index in [9.17, 15) is 14.7 Å². The van der Waals surface area contributed by atoms with Gasteiger partial charge in [0.05, 0.1) is 12.1 Å². The van der Waals surface area contributed by atoms with E-state index in [4.69, 9.17) is 10.5 Å². The average Bonchev–Trinajstić information content (AvgIpc) is 3.10. The van der Waals surface area contributed by atoms with Gasteiger partial charge in [0.25, 0.3) is 0 Å². The van der Waals surface area contributed by atoms with E-state index in [1.807, 2.05) is 24.3 Å². The molecule has 0 unspecified atom stereocenters. The number of anilines is 1. The van der Waals surface area contributed by atoms with E-state index in [1.54, 1.807) is 12.1 Å². The summed E-state index contributed by atoms with van der Waals surface area (Å²) in [5.41, 5.74) is 10.9. The van der Waals surface area contributed by atoms with Crippen molar-refractivity contribution >= 4 is 17.7 Å². The van der Waals surface area contributed by atoms with Gasteiger partial charge in [-0.25, -0.2) is 9.59 Å². The number of nitrogens with one attached hydrogen (secondary N) is 1. The van der Waals surface area contributed by atoms with Crippen molar-refractivity contribution in [2.45, 2.75) is 5.92 Å². The summed E-state index contributed by atoms with van der Waals surface area (Å²) in [6.45, 7) is 0.245. The summed E-state index contributed by atoms with van der Waals surface area (Å²) in [6.07, 6.45) is -0.577. The zero-order valence-corrected chi connectivity index (χ0v) is 16.6. The number of rotatable bonds is 4. The quantitative estimate of drug-likeness (QED) is 0.446. The molecule has 0 radical (unpaired) electrons. The number of nitrogens with two attached hydrogens (primary N) is 1. The third-order valence-corrected chi connectivity index (χ3v) is 5.16. The molecule has 6 nitrogen and oxygen atoms in total. The number of aromatic carboxylic acids is 1. The number of benzene rings is 3. The van der Waals surface area contributed by atoms with Crippen LogP contribution < -0.4 is 11.1 Å². The first-order valence-electron chi connectivity index (χ1n) is 9.75. The molecule has 0 saturated heterocycles. The Balaban J connectivity index is 1.37. The summed E-state index contributed by atoms with van der Waals surface area (Å²) < 4.78 is 5.44. The number of hydrogen-bond donors (Lipinski definition) is 3. The van der Waals surface area contributed by atoms with Gasteiger partial charge in [-0.2, -0.15) is 0 Å². The first-order chi connectivity index (χ1) is 15.0. The number of carboxylic acids is 1. The van der Waals surface area contributed by atoms with Crippen LogP contribution in [0.2, 0.25) is 0 Å². The normalized spacial score (nSPS) is 11.6. The summed E-state index contributed by atoms with van der Waals surface area (Å²) >= 11 is 0. The van der Waals surface area contributed by atoms with Gasteiger partial charge in [0.15, 0.2) is 0 Å². The molecule has 6 heteroatoms. The fraction of sp³-hybridized carbons (Fsp3) is 0.120. The number of amides is 1. The van der Waals surface area contributed by atoms with Crippen LogP contribution in [0.1, 0.15) is 33.0 Å². The highest BCUT2D eigenvalue weighted by atomic mass is 16.5. The van der Waals surface area contributed by atoms with E-state index in [1.165, 1.54) is 6.07 Å². The Morgan fingerprint density at radius 2 is 1.65 bits per heavy atom. The van der Waals surface area contributed by atoms with E-state index in [2.05, 4.69) is 41.4 Å². The Labute approximate surface area is 179 Å². The predicted molar refractivity (Wildman–Crippen MR) is 118 cm³/mol. The van der Waals surface area contributed by atoms with E-state index < -0.39 is 12.1 Å². The lowest BCUT2D eigenvalue weighted by atomic mass is 9.98. The van der Waals surface area contributed by atoms with Gasteiger partial charge in [-0.1, -0.05) is 60.4 Å². The Hall–Kier alpha value is -4.24. The van der Waals surface area contributed by atoms with Crippen LogP contribution in [-0.2, 0) is 4.74 Å². The van der Waals surface area contributed by atoms with E-state index in [0.717, 1.165) is 22.3 Å². The van der Waals surface area contributed by atoms with Crippen molar-refractivity contribution in [1.82, 2.24) is 5.32 Å². The SMILES string of the molecule is Nc1ccc(C#CCNC(=O)OCC2c3ccccc3-c3ccccc32)c(C(=O)O)c1. The van der Waals surface area contributed by atoms with Gasteiger partial charge in [0, 0.05) is 17.2 Å². The summed E-state index contributed by atoms with van der Waals surface area (Å²) in [4.78, 5) is 23.4. The van der Waals surface area contributed by atoms with Gasteiger partial charge in [-0.15, -0.1) is 0 Å². The molecule has 0 saturated carbocycles. The van der Waals surface area contributed by atoms with Gasteiger partial charge in [-0.05, 0) is 40.5 Å². The molecule has 4 N–H and O–H groups in total. The van der Waals surface area contributed by atoms with E-state index >= 15 is 0 Å². The lowest BCUT2D eigenvalue weighted by Gasteiger charge is -2.14. The van der Waals surface area contributed by atoms with Crippen LogP contribution in [0.25, 0.3) is 11.1 Å². The largest absolute Gasteiger partial charge is 0.478 e. The summed E-state index contributed by atoms with van der Waals surface area (Å²) in [5, 5.41) is 11.8. The molecule has 154 valence electrons. The Morgan fingerprint density at radius 1 is 1.00 bits per heavy atom. The molecule has 3 aromatic carbocycles. The van der Waals surface area contributed by atoms with Gasteiger partial charge in [0.1, 0.15) is 6.61 Å². The minimum absolute atomic E-state index is 0.0165. The van der Waals surface area contributed by atoms with Crippen LogP contribution >= 0.6 is 0 Å². The van der Waals surface area contributed by atoms with Crippen molar-refractivity contribution in [2.24, 2.45) is 0 Å². The Kier molecular flexibility index (Phi) is 5.59. The number of hydrogen-bond acceptors (Lipinski definition) is 4. The number of carbonyl (C=O) groups excluding carboxylic acids is 1. The van der Waals surface area contributed by atoms with Crippen LogP contribution in [0.5, 0.6) is 0 Å². The van der Waals surface area contributed by atoms with Crippen LogP contribution in [0, 0.1) is 11.8 Å². The summed E-state index contributed by atoms with van der Waals surface area (Å²) in [7, 11) is 0. The van der Waals surface area contributed by atoms with E-state index in [-0.39, 0.29) is 24.6 Å². The Bertz CT molecular complexity index is 1180. The van der Waals surface area contributed by atoms with Gasteiger partial charge in [0.2, 0.25) is 0 Å². The smallest absolute Gasteiger partial charge is 0.407 e. The van der Waals surface area contributed by atoms with Crippen LogP contribution in [0.4, 0.5) is 10.5 Å². The molecule has 0 heterocycles. The maximum atomic E-state index is 12.1. The number of carbonyl (C=O) groups is 2. The van der Waals surface area contributed by atoms with Crippen LogP contribution in [0.15, 0.2) is 66.7 Å². The maximum absolute atomic E-state index is 12.1. The second kappa shape index (κ2) is 8.64. The zero-order chi connectivity index (χ0) is 21.8. The minimum Gasteiger partial charge on any atom is -0.478 e. The van der Waals surface area contributed by atoms with Gasteiger partial charge >= 0.3 is 12.1 Å². The molecule has 31 heavy (non-hydrogen) atoms. The molecular formula is C25H20N2O4. The van der Waals surface area contributed by atoms with E-state index in [0.29, 0.717) is 11.3 Å². The lowest BCUT2D eigenvalue weighted by Crippen LogP contribution is -2.26. The molecule has 3 aromatic rings. The van der Waals surface area contributed by atoms with Crippen molar-refractivity contribution in [3.05, 3.63) is 89.0 Å². The highest BCUT2D eigenvalue weighted by Crippen LogP contribution is 2.44. The molecule has 1 aliphatic rings. The molecule has 1 aliphatic carbocycles. The highest BCUT2D eigenvalue weighted by molar-refractivity contribution is 5.91. The van der Waals surface area contributed by atoms with Crippen molar-refractivity contribution in [2.75, 3.05) is 18.9 Å². The monoisotopic (exact) mass is 412 g/mol. The predicted octanol–water partition coefficient (Wildman–Crippen LogP) is 3.86. The van der Waals surface area contributed by atoms with Crippen molar-refractivity contribution in [3.63, 3.8) is 0 Å². The molecule has 0 atom stereocenters. The van der Waals surface area contributed by atoms with Gasteiger partial charge < -0.3 is 20.9 Å². The Morgan fingerprint density at radius 3 is 2.29 bits per heavy atom. The second-order valence-corrected chi connectivity index (χ2v) is 7.09. The maximum Gasteiger partial charge on any atom is 0.407 e. The third-order valence-electron chi connectivity index (χ3n) is 5.16. The number of fused-ring (bicyclic) bond motifs is 3. The van der Waals surface area contributed by atoms with Crippen molar-refractivity contribution < 1.29 is 19.4 Å². The molecule has 0 aromatic heterocycles. The molecule has 0 fully saturated rings. The molecule has 0 bridgehead atoms. The number of carboxylic acid groups (broad SMARTS) is 1. The molecule has 1 amide bonds. The first-order valence-corrected chi connectivity index (χ1v) is 9.75. The van der Waals surface area contributed by atoms with Crippen LogP contribution in [-0.4, -0.2) is 30.3 Å². The standard InChI is InChI=1S/C25H20N2O4/c26-17-12-11-16(22(14-17)24(28)29)6-5-13-27-25(30)31-15-23-20-9-3-1-7-18(20)19-8-2-4-10-21(19)23/h1-4,7-12,14,23H,13,15,26H2,(H,27,30)(H,28,29). The number of alkyl carbamates (subject to hydrolysis) is 1. The minimum atomic E-state index is -1.11. The molecular weight excluding hydrogens is 392 g/mol. The second-order valence-electron chi connectivity index (χ2n) is 7.09. The van der Waals surface area contributed by atoms with Gasteiger partial charge in [-0.3, -0.25) is 0 Å². The number of ether oxygens (including phenoxy) is 1. The molecule has 0 spiro atoms. The summed E-state index contributed by atoms with van der Waals surface area (Å²) in [6, 6.07) is 20.7. The van der Waals surface area contributed by atoms with Crippen molar-refractivity contribution in [1.29, 1.82) is 0 Å². The first kappa shape index (κ1) is 20.0. The average molecular weight is 412 g/mol. The van der Waals surface area contributed by atoms with Crippen molar-refractivity contribution in [3.8, 4) is 23.0 Å². The van der Waals surface area contributed by atoms with Crippen LogP contribution in [0.3, 0.4) is 0 Å². The fourth-order valence-corrected chi connectivity index (χ4v) is 3.75. The highest BCUT2D eigenvalue weighted by Gasteiger charge is 2.28. The molecule has 0 aliphatic heterocycles. The lowest BCUT2D eigenvalue weighted by molar-refractivity contribution is 0.0696. The fourth-order valence-electron chi connectivity index (χ4n) is 3.75. The third kappa shape index (κ3) is 4.21. The number of nitrogen functional groups attached to an aromatic ring is 1. The summed E-state index contributed by atoms with van der Waals surface area (Å²) in [5.74, 6) is 4.36. The zero-order valence-electron chi connectivity index (χ0n) is 16.6. The molecule has 4 rings (SSSR count).